The highest BCUT2D eigenvalue weighted by molar-refractivity contribution is 5.92. The van der Waals surface area contributed by atoms with Crippen molar-refractivity contribution in [3.8, 4) is 11.5 Å². The van der Waals surface area contributed by atoms with E-state index in [0.29, 0.717) is 22.8 Å². The number of rotatable bonds is 7. The van der Waals surface area contributed by atoms with Crippen molar-refractivity contribution in [3.63, 3.8) is 0 Å². The van der Waals surface area contributed by atoms with Crippen LogP contribution in [-0.2, 0) is 4.79 Å². The second-order valence-electron chi connectivity index (χ2n) is 6.45. The van der Waals surface area contributed by atoms with Gasteiger partial charge in [-0.1, -0.05) is 31.6 Å². The van der Waals surface area contributed by atoms with Crippen LogP contribution in [-0.4, -0.2) is 20.1 Å². The van der Waals surface area contributed by atoms with Crippen LogP contribution in [0.3, 0.4) is 0 Å². The Morgan fingerprint density at radius 1 is 1.14 bits per heavy atom. The molecule has 2 aromatic carbocycles. The average molecular weight is 393 g/mol. The van der Waals surface area contributed by atoms with E-state index in [1.54, 1.807) is 24.3 Å². The zero-order chi connectivity index (χ0) is 20.8. The number of methoxy groups -OCH3 is 1. The highest BCUT2D eigenvalue weighted by Crippen LogP contribution is 2.36. The molecule has 0 bridgehead atoms. The van der Waals surface area contributed by atoms with E-state index >= 15 is 0 Å². The molecule has 0 radical (unpaired) electrons. The number of nitrogens with zero attached hydrogens (tertiary/aromatic N) is 1. The molecular formula is C23H23NO5. The Morgan fingerprint density at radius 2 is 1.93 bits per heavy atom. The molecule has 0 spiro atoms. The van der Waals surface area contributed by atoms with Gasteiger partial charge >= 0.3 is 11.6 Å². The molecule has 150 valence electrons. The first-order valence-corrected chi connectivity index (χ1v) is 9.36. The summed E-state index contributed by atoms with van der Waals surface area (Å²) in [6.45, 7) is 2.03. The molecule has 0 aliphatic carbocycles. The maximum atomic E-state index is 12.1. The predicted octanol–water partition coefficient (Wildman–Crippen LogP) is 4.83. The molecule has 3 rings (SSSR count). The number of ether oxygens (including phenoxy) is 2. The van der Waals surface area contributed by atoms with Gasteiger partial charge < -0.3 is 18.8 Å². The topological polar surface area (TPSA) is 69.0 Å². The van der Waals surface area contributed by atoms with Crippen LogP contribution in [0.5, 0.6) is 11.5 Å². The molecule has 0 N–H and O–H groups in total. The first kappa shape index (κ1) is 20.2. The van der Waals surface area contributed by atoms with Crippen molar-refractivity contribution in [1.82, 2.24) is 0 Å². The lowest BCUT2D eigenvalue weighted by molar-refractivity contribution is -0.129. The standard InChI is InChI=1S/C23H23NO5/c1-4-5-6-11-22(25)29-21-14-16(12-13-20(21)27-3)24(2)18-15-23(26)28-19-10-8-7-9-17(18)19/h6-15H,4-5H2,1-3H3. The normalized spacial score (nSPS) is 11.0. The molecule has 0 unspecified atom stereocenters. The van der Waals surface area contributed by atoms with Gasteiger partial charge in [0.2, 0.25) is 0 Å². The van der Waals surface area contributed by atoms with Crippen LogP contribution in [0.1, 0.15) is 19.8 Å². The van der Waals surface area contributed by atoms with E-state index in [1.807, 2.05) is 43.1 Å². The van der Waals surface area contributed by atoms with Gasteiger partial charge in [-0.2, -0.15) is 0 Å². The number of hydrogen-bond acceptors (Lipinski definition) is 6. The number of carbonyl (C=O) groups is 1. The summed E-state index contributed by atoms with van der Waals surface area (Å²) in [5.41, 5.74) is 1.47. The number of benzene rings is 2. The van der Waals surface area contributed by atoms with Gasteiger partial charge in [-0.25, -0.2) is 9.59 Å². The fourth-order valence-corrected chi connectivity index (χ4v) is 2.95. The van der Waals surface area contributed by atoms with Gasteiger partial charge in [-0.05, 0) is 30.7 Å². The Hall–Kier alpha value is -3.54. The van der Waals surface area contributed by atoms with Crippen molar-refractivity contribution in [1.29, 1.82) is 0 Å². The molecule has 1 heterocycles. The molecule has 3 aromatic rings. The van der Waals surface area contributed by atoms with Gasteiger partial charge in [-0.15, -0.1) is 0 Å². The van der Waals surface area contributed by atoms with E-state index in [9.17, 15) is 9.59 Å². The molecule has 0 aliphatic heterocycles. The molecule has 6 nitrogen and oxygen atoms in total. The minimum absolute atomic E-state index is 0.301. The van der Waals surface area contributed by atoms with Crippen molar-refractivity contribution in [2.45, 2.75) is 19.8 Å². The molecular weight excluding hydrogens is 370 g/mol. The van der Waals surface area contributed by atoms with Gasteiger partial charge in [-0.3, -0.25) is 0 Å². The number of carbonyl (C=O) groups excluding carboxylic acids is 1. The van der Waals surface area contributed by atoms with E-state index in [0.717, 1.165) is 23.9 Å². The van der Waals surface area contributed by atoms with Crippen LogP contribution in [0.4, 0.5) is 11.4 Å². The maximum Gasteiger partial charge on any atom is 0.338 e. The summed E-state index contributed by atoms with van der Waals surface area (Å²) in [5.74, 6) is 0.273. The fraction of sp³-hybridized carbons (Fsp3) is 0.217. The summed E-state index contributed by atoms with van der Waals surface area (Å²) in [7, 11) is 3.34. The van der Waals surface area contributed by atoms with Crippen LogP contribution < -0.4 is 20.0 Å². The molecule has 0 saturated carbocycles. The van der Waals surface area contributed by atoms with Crippen LogP contribution in [0.15, 0.2) is 69.9 Å². The monoisotopic (exact) mass is 393 g/mol. The molecule has 29 heavy (non-hydrogen) atoms. The highest BCUT2D eigenvalue weighted by Gasteiger charge is 2.15. The summed E-state index contributed by atoms with van der Waals surface area (Å²) in [6.07, 6.45) is 4.94. The molecule has 0 fully saturated rings. The summed E-state index contributed by atoms with van der Waals surface area (Å²) < 4.78 is 16.0. The Balaban J connectivity index is 1.97. The number of para-hydroxylation sites is 1. The van der Waals surface area contributed by atoms with Crippen LogP contribution in [0.25, 0.3) is 11.0 Å². The molecule has 0 aliphatic rings. The van der Waals surface area contributed by atoms with Crippen LogP contribution >= 0.6 is 0 Å². The molecule has 6 heteroatoms. The van der Waals surface area contributed by atoms with E-state index in [1.165, 1.54) is 19.3 Å². The Morgan fingerprint density at radius 3 is 2.69 bits per heavy atom. The van der Waals surface area contributed by atoms with Gasteiger partial charge in [0.1, 0.15) is 5.58 Å². The van der Waals surface area contributed by atoms with Gasteiger partial charge in [0.25, 0.3) is 0 Å². The lowest BCUT2D eigenvalue weighted by atomic mass is 10.1. The minimum Gasteiger partial charge on any atom is -0.493 e. The third-order valence-corrected chi connectivity index (χ3v) is 4.44. The highest BCUT2D eigenvalue weighted by atomic mass is 16.6. The van der Waals surface area contributed by atoms with Crippen LogP contribution in [0, 0.1) is 0 Å². The zero-order valence-corrected chi connectivity index (χ0v) is 16.7. The fourth-order valence-electron chi connectivity index (χ4n) is 2.95. The van der Waals surface area contributed by atoms with Gasteiger partial charge in [0, 0.05) is 36.3 Å². The minimum atomic E-state index is -0.470. The van der Waals surface area contributed by atoms with Crippen molar-refractivity contribution >= 4 is 28.3 Å². The Bertz CT molecular complexity index is 1100. The van der Waals surface area contributed by atoms with E-state index in [-0.39, 0.29) is 0 Å². The molecule has 0 amide bonds. The number of fused-ring (bicyclic) bond motifs is 1. The molecule has 0 saturated heterocycles. The second kappa shape index (κ2) is 9.10. The predicted molar refractivity (Wildman–Crippen MR) is 113 cm³/mol. The van der Waals surface area contributed by atoms with E-state index in [2.05, 4.69) is 0 Å². The number of allylic oxidation sites excluding steroid dienone is 1. The first-order valence-electron chi connectivity index (χ1n) is 9.36. The third-order valence-electron chi connectivity index (χ3n) is 4.44. The quantitative estimate of drug-likeness (QED) is 0.248. The summed E-state index contributed by atoms with van der Waals surface area (Å²) in [6, 6.07) is 14.0. The lowest BCUT2D eigenvalue weighted by Crippen LogP contribution is -2.13. The van der Waals surface area contributed by atoms with Crippen LogP contribution in [0.2, 0.25) is 0 Å². The SMILES string of the molecule is CCCC=CC(=O)Oc1cc(N(C)c2cc(=O)oc3ccccc23)ccc1OC. The summed E-state index contributed by atoms with van der Waals surface area (Å²) >= 11 is 0. The van der Waals surface area contributed by atoms with Gasteiger partial charge in [0.05, 0.1) is 12.8 Å². The van der Waals surface area contributed by atoms with E-state index in [4.69, 9.17) is 13.9 Å². The lowest BCUT2D eigenvalue weighted by Gasteiger charge is -2.22. The summed E-state index contributed by atoms with van der Waals surface area (Å²) in [5, 5.41) is 0.798. The van der Waals surface area contributed by atoms with Crippen molar-refractivity contribution in [2.24, 2.45) is 0 Å². The van der Waals surface area contributed by atoms with E-state index < -0.39 is 11.6 Å². The zero-order valence-electron chi connectivity index (χ0n) is 16.7. The summed E-state index contributed by atoms with van der Waals surface area (Å²) in [4.78, 5) is 25.9. The maximum absolute atomic E-state index is 12.1. The average Bonchev–Trinajstić information content (AvgIpc) is 2.72. The third kappa shape index (κ3) is 4.66. The largest absolute Gasteiger partial charge is 0.493 e. The Labute approximate surface area is 169 Å². The molecule has 1 aromatic heterocycles. The van der Waals surface area contributed by atoms with Crippen molar-refractivity contribution in [2.75, 3.05) is 19.1 Å². The van der Waals surface area contributed by atoms with Crippen molar-refractivity contribution < 1.29 is 18.7 Å². The second-order valence-corrected chi connectivity index (χ2v) is 6.45. The smallest absolute Gasteiger partial charge is 0.338 e. The number of hydrogen-bond donors (Lipinski definition) is 0. The first-order chi connectivity index (χ1) is 14.0. The van der Waals surface area contributed by atoms with Crippen molar-refractivity contribution in [3.05, 3.63) is 71.1 Å². The Kier molecular flexibility index (Phi) is 6.34. The number of esters is 1. The van der Waals surface area contributed by atoms with Gasteiger partial charge in [0.15, 0.2) is 11.5 Å². The number of unbranched alkanes of at least 4 members (excludes halogenated alkanes) is 1. The number of anilines is 2. The molecule has 0 atom stereocenters.